The summed E-state index contributed by atoms with van der Waals surface area (Å²) >= 11 is -3.19. The van der Waals surface area contributed by atoms with Crippen LogP contribution in [0.15, 0.2) is 24.3 Å². The summed E-state index contributed by atoms with van der Waals surface area (Å²) in [4.78, 5) is 11.2. The fraction of sp³-hybridized carbons (Fsp3) is 0.429. The third-order valence-corrected chi connectivity index (χ3v) is 8.61. The van der Waals surface area contributed by atoms with E-state index < -0.39 is 31.2 Å². The molecule has 0 aromatic heterocycles. The summed E-state index contributed by atoms with van der Waals surface area (Å²) in [6, 6.07) is 9.12. The molecule has 0 atom stereocenters. The van der Waals surface area contributed by atoms with Crippen molar-refractivity contribution in [1.82, 2.24) is 8.61 Å². The molecule has 4 rings (SSSR count). The van der Waals surface area contributed by atoms with E-state index in [1.165, 1.54) is 44.8 Å². The molecular weight excluding hydrogens is 829 g/mol. The van der Waals surface area contributed by atoms with Gasteiger partial charge in [0.25, 0.3) is 0 Å². The Kier molecular flexibility index (Phi) is 17.0. The van der Waals surface area contributed by atoms with Gasteiger partial charge in [-0.25, -0.2) is 16.8 Å². The van der Waals surface area contributed by atoms with Gasteiger partial charge in [-0.05, 0) is 76.9 Å². The van der Waals surface area contributed by atoms with Crippen molar-refractivity contribution in [3.05, 3.63) is 83.3 Å². The third kappa shape index (κ3) is 13.6. The molecule has 1 radical (unpaired) electrons. The van der Waals surface area contributed by atoms with Gasteiger partial charge in [-0.15, -0.1) is 0 Å². The van der Waals surface area contributed by atoms with Crippen molar-refractivity contribution in [2.75, 3.05) is 48.5 Å². The topological polar surface area (TPSA) is 81.2 Å². The van der Waals surface area contributed by atoms with Crippen molar-refractivity contribution in [2.24, 2.45) is 0 Å². The van der Waals surface area contributed by atoms with Gasteiger partial charge < -0.3 is 25.8 Å². The molecule has 0 unspecified atom stereocenters. The van der Waals surface area contributed by atoms with Gasteiger partial charge in [0.2, 0.25) is 0 Å². The van der Waals surface area contributed by atoms with E-state index in [0.29, 0.717) is 0 Å². The zero-order chi connectivity index (χ0) is 31.5. The fourth-order valence-electron chi connectivity index (χ4n) is 5.05. The predicted octanol–water partition coefficient (Wildman–Crippen LogP) is 5.95. The molecule has 2 aliphatic rings. The standard InChI is InChI=1S/C21H27N2.C5H11N2O4S2.CH3.C.3ClH.2Ru.H/c1-14-9-16(3)20(17(4)10-14)22-7-8-23(13-22)21-18(5)11-15(2)12-19(21)6;1-12(8,9)6-3-4-7(5-6)13(2,10)11;;;;;;;;/h9-13H,7-8H2,1-6H3;5H,3-4H2,1-2H3;1H3;;3*1H;;;/q4*-1;;;;2*+3;/p-3. The average Bonchev–Trinajstić information content (AvgIpc) is 3.42. The number of hydrogen-bond acceptors (Lipinski definition) is 6. The van der Waals surface area contributed by atoms with Crippen molar-refractivity contribution in [3.63, 3.8) is 0 Å². The van der Waals surface area contributed by atoms with Gasteiger partial charge in [0, 0.05) is 24.5 Å². The van der Waals surface area contributed by atoms with Crippen LogP contribution in [0.5, 0.6) is 0 Å². The molecule has 43 heavy (non-hydrogen) atoms. The first kappa shape index (κ1) is 42.8. The minimum atomic E-state index is -3.32. The first-order valence-electron chi connectivity index (χ1n) is 12.5. The van der Waals surface area contributed by atoms with Crippen LogP contribution in [0.3, 0.4) is 0 Å². The molecule has 248 valence electrons. The Morgan fingerprint density at radius 2 is 0.907 bits per heavy atom. The molecule has 8 nitrogen and oxygen atoms in total. The van der Waals surface area contributed by atoms with Crippen molar-refractivity contribution in [2.45, 2.75) is 41.5 Å². The SMILES string of the molecule is CS(=O)(=O)N1[CH-]N(S(C)(=O)=O)CC1.Cc1cc(C)c(N2[CH-]N(c3c(C)cc(C)cc3C)CC2)c(C)c1.[C-]#[Ru]([Cl])([Cl])[Cl].[CH3-].[RuH+3]. The van der Waals surface area contributed by atoms with E-state index in [2.05, 4.69) is 82.3 Å². The van der Waals surface area contributed by atoms with E-state index in [1.807, 2.05) is 0 Å². The van der Waals surface area contributed by atoms with Crippen LogP contribution in [0.1, 0.15) is 33.4 Å². The second-order valence-electron chi connectivity index (χ2n) is 10.2. The summed E-state index contributed by atoms with van der Waals surface area (Å²) in [5.74, 6) is 0. The van der Waals surface area contributed by atoms with E-state index in [9.17, 15) is 16.8 Å². The van der Waals surface area contributed by atoms with Crippen molar-refractivity contribution < 1.29 is 47.5 Å². The zero-order valence-electron chi connectivity index (χ0n) is 25.9. The molecule has 2 aromatic rings. The Morgan fingerprint density at radius 1 is 0.651 bits per heavy atom. The van der Waals surface area contributed by atoms with E-state index in [0.717, 1.165) is 40.9 Å². The second kappa shape index (κ2) is 17.1. The summed E-state index contributed by atoms with van der Waals surface area (Å²) in [6.45, 7) is 19.0. The van der Waals surface area contributed by atoms with Gasteiger partial charge in [0.05, 0.1) is 12.5 Å². The number of rotatable bonds is 4. The quantitative estimate of drug-likeness (QED) is 0.279. The molecule has 2 heterocycles. The molecular formula is C28H42Cl3N4O4Ru2S2-. The normalized spacial score (nSPS) is 16.3. The minimum absolute atomic E-state index is 0. The number of anilines is 2. The summed E-state index contributed by atoms with van der Waals surface area (Å²) < 4.78 is 45.9. The van der Waals surface area contributed by atoms with Crippen LogP contribution in [0.2, 0.25) is 0 Å². The summed E-state index contributed by atoms with van der Waals surface area (Å²) in [5.41, 5.74) is 10.8. The molecule has 2 saturated heterocycles. The van der Waals surface area contributed by atoms with Crippen molar-refractivity contribution >= 4 is 60.5 Å². The van der Waals surface area contributed by atoms with Crippen LogP contribution in [0.25, 0.3) is 0 Å². The molecule has 2 aliphatic heterocycles. The number of benzene rings is 2. The van der Waals surface area contributed by atoms with E-state index >= 15 is 0 Å². The van der Waals surface area contributed by atoms with Crippen LogP contribution < -0.4 is 9.80 Å². The average molecular weight is 871 g/mol. The van der Waals surface area contributed by atoms with E-state index in [4.69, 9.17) is 34.0 Å². The van der Waals surface area contributed by atoms with Gasteiger partial charge in [-0.3, -0.25) is 0 Å². The van der Waals surface area contributed by atoms with Crippen LogP contribution in [0, 0.1) is 67.2 Å². The molecule has 0 amide bonds. The molecule has 0 spiro atoms. The first-order valence-corrected chi connectivity index (χ1v) is 23.8. The fourth-order valence-corrected chi connectivity index (χ4v) is 6.50. The monoisotopic (exact) mass is 871 g/mol. The van der Waals surface area contributed by atoms with Gasteiger partial charge >= 0.3 is 64.6 Å². The molecule has 2 aromatic carbocycles. The van der Waals surface area contributed by atoms with Gasteiger partial charge in [-0.1, -0.05) is 35.4 Å². The number of nitrogens with zero attached hydrogens (tertiary/aromatic N) is 4. The van der Waals surface area contributed by atoms with E-state index in [1.54, 1.807) is 0 Å². The third-order valence-electron chi connectivity index (χ3n) is 6.36. The molecule has 15 heteroatoms. The zero-order valence-corrected chi connectivity index (χ0v) is 33.4. The predicted molar refractivity (Wildman–Crippen MR) is 176 cm³/mol. The van der Waals surface area contributed by atoms with Crippen molar-refractivity contribution in [1.29, 1.82) is 0 Å². The van der Waals surface area contributed by atoms with Crippen LogP contribution in [-0.2, 0) is 50.7 Å². The Balaban J connectivity index is 0.000000751. The van der Waals surface area contributed by atoms with Crippen molar-refractivity contribution in [3.8, 4) is 0 Å². The Bertz CT molecular complexity index is 1430. The number of hydrogen-bond donors (Lipinski definition) is 0. The molecule has 0 N–H and O–H groups in total. The number of sulfonamides is 2. The first-order chi connectivity index (χ1) is 18.6. The molecule has 0 aliphatic carbocycles. The Hall–Kier alpha value is -0.243. The van der Waals surface area contributed by atoms with E-state index in [-0.39, 0.29) is 40.0 Å². The molecule has 0 bridgehead atoms. The number of halogens is 3. The van der Waals surface area contributed by atoms with Gasteiger partial charge in [0.1, 0.15) is 0 Å². The van der Waals surface area contributed by atoms with Crippen LogP contribution >= 0.6 is 29.1 Å². The summed E-state index contributed by atoms with van der Waals surface area (Å²) in [6.07, 6.45) is 2.07. The van der Waals surface area contributed by atoms with Crippen LogP contribution in [0.4, 0.5) is 11.4 Å². The van der Waals surface area contributed by atoms with Gasteiger partial charge in [0.15, 0.2) is 20.0 Å². The molecule has 2 fully saturated rings. The van der Waals surface area contributed by atoms with Gasteiger partial charge in [-0.2, -0.15) is 13.3 Å². The Morgan fingerprint density at radius 3 is 1.12 bits per heavy atom. The number of aryl methyl sites for hydroxylation is 6. The van der Waals surface area contributed by atoms with Crippen LogP contribution in [-0.4, -0.2) is 64.1 Å². The maximum atomic E-state index is 11.0. The summed E-state index contributed by atoms with van der Waals surface area (Å²) in [5, 5.41) is 0. The summed E-state index contributed by atoms with van der Waals surface area (Å²) in [7, 11) is 8.04. The molecule has 0 saturated carbocycles. The second-order valence-corrected chi connectivity index (χ2v) is 25.4. The maximum absolute atomic E-state index is 11.0. The Labute approximate surface area is 287 Å².